The molecule has 2 aliphatic rings. The Morgan fingerprint density at radius 1 is 1.29 bits per heavy atom. The molecule has 0 aromatic heterocycles. The van der Waals surface area contributed by atoms with Crippen molar-refractivity contribution in [3.63, 3.8) is 0 Å². The van der Waals surface area contributed by atoms with Gasteiger partial charge in [0.05, 0.1) is 0 Å². The van der Waals surface area contributed by atoms with Crippen LogP contribution in [0, 0.1) is 5.92 Å². The van der Waals surface area contributed by atoms with Crippen molar-refractivity contribution in [1.29, 1.82) is 0 Å². The van der Waals surface area contributed by atoms with Crippen LogP contribution in [0.3, 0.4) is 0 Å². The summed E-state index contributed by atoms with van der Waals surface area (Å²) >= 11 is 0. The van der Waals surface area contributed by atoms with Crippen LogP contribution in [-0.4, -0.2) is 30.1 Å². The largest absolute Gasteiger partial charge is 0.327 e. The molecule has 0 spiro atoms. The van der Waals surface area contributed by atoms with E-state index in [1.54, 1.807) is 0 Å². The molecule has 0 aromatic carbocycles. The van der Waals surface area contributed by atoms with E-state index in [9.17, 15) is 0 Å². The van der Waals surface area contributed by atoms with Crippen LogP contribution in [0.5, 0.6) is 0 Å². The average Bonchev–Trinajstić information content (AvgIpc) is 1.99. The van der Waals surface area contributed by atoms with Gasteiger partial charge in [-0.1, -0.05) is 19.8 Å². The van der Waals surface area contributed by atoms with Crippen LogP contribution in [0.2, 0.25) is 0 Å². The van der Waals surface area contributed by atoms with Crippen molar-refractivity contribution in [2.75, 3.05) is 13.1 Å². The van der Waals surface area contributed by atoms with E-state index in [0.717, 1.165) is 18.5 Å². The molecule has 2 rings (SSSR count). The van der Waals surface area contributed by atoms with Crippen LogP contribution >= 0.6 is 0 Å². The molecule has 1 saturated heterocycles. The molecule has 1 saturated carbocycles. The molecule has 1 aliphatic heterocycles. The summed E-state index contributed by atoms with van der Waals surface area (Å²) in [5.41, 5.74) is 6.12. The molecule has 1 heterocycles. The second-order valence-corrected chi connectivity index (χ2v) is 5.19. The quantitative estimate of drug-likeness (QED) is 0.748. The van der Waals surface area contributed by atoms with Gasteiger partial charge in [0.1, 0.15) is 0 Å². The van der Waals surface area contributed by atoms with Gasteiger partial charge in [-0.25, -0.2) is 0 Å². The molecule has 2 atom stereocenters. The average molecular weight is 196 g/mol. The molecule has 0 amide bonds. The third-order valence-electron chi connectivity index (χ3n) is 3.89. The van der Waals surface area contributed by atoms with Gasteiger partial charge in [0.25, 0.3) is 0 Å². The van der Waals surface area contributed by atoms with Crippen molar-refractivity contribution in [3.05, 3.63) is 0 Å². The number of piperidine rings is 1. The molecule has 14 heavy (non-hydrogen) atoms. The molecular weight excluding hydrogens is 172 g/mol. The molecule has 2 fully saturated rings. The monoisotopic (exact) mass is 196 g/mol. The van der Waals surface area contributed by atoms with Crippen LogP contribution in [-0.2, 0) is 0 Å². The SMILES string of the molecule is CCCC1CC(N)CN(C2CCC2)C1. The van der Waals surface area contributed by atoms with Gasteiger partial charge in [0.15, 0.2) is 0 Å². The van der Waals surface area contributed by atoms with Crippen molar-refractivity contribution >= 4 is 0 Å². The van der Waals surface area contributed by atoms with Crippen molar-refractivity contribution in [2.24, 2.45) is 11.7 Å². The number of likely N-dealkylation sites (tertiary alicyclic amines) is 1. The fourth-order valence-electron chi connectivity index (χ4n) is 2.95. The first-order valence-corrected chi connectivity index (χ1v) is 6.29. The zero-order valence-corrected chi connectivity index (χ0v) is 9.41. The third kappa shape index (κ3) is 2.29. The van der Waals surface area contributed by atoms with E-state index in [1.165, 1.54) is 45.1 Å². The van der Waals surface area contributed by atoms with E-state index in [4.69, 9.17) is 5.73 Å². The minimum absolute atomic E-state index is 0.445. The second-order valence-electron chi connectivity index (χ2n) is 5.19. The molecule has 2 heteroatoms. The van der Waals surface area contributed by atoms with Gasteiger partial charge in [-0.3, -0.25) is 4.90 Å². The lowest BCUT2D eigenvalue weighted by Crippen LogP contribution is -2.52. The van der Waals surface area contributed by atoms with Crippen LogP contribution < -0.4 is 5.73 Å². The van der Waals surface area contributed by atoms with Crippen molar-refractivity contribution in [2.45, 2.75) is 57.5 Å². The Labute approximate surface area is 87.8 Å². The summed E-state index contributed by atoms with van der Waals surface area (Å²) in [7, 11) is 0. The number of nitrogens with zero attached hydrogens (tertiary/aromatic N) is 1. The fraction of sp³-hybridized carbons (Fsp3) is 1.00. The maximum absolute atomic E-state index is 6.12. The highest BCUT2D eigenvalue weighted by Crippen LogP contribution is 2.30. The van der Waals surface area contributed by atoms with Gasteiger partial charge in [0, 0.05) is 25.2 Å². The van der Waals surface area contributed by atoms with Gasteiger partial charge in [-0.2, -0.15) is 0 Å². The predicted octanol–water partition coefficient (Wildman–Crippen LogP) is 1.99. The normalized spacial score (nSPS) is 35.6. The van der Waals surface area contributed by atoms with Crippen LogP contribution in [0.1, 0.15) is 45.4 Å². The fourth-order valence-corrected chi connectivity index (χ4v) is 2.95. The highest BCUT2D eigenvalue weighted by Gasteiger charge is 2.31. The van der Waals surface area contributed by atoms with Crippen molar-refractivity contribution < 1.29 is 0 Å². The van der Waals surface area contributed by atoms with Gasteiger partial charge < -0.3 is 5.73 Å². The van der Waals surface area contributed by atoms with Crippen molar-refractivity contribution in [3.8, 4) is 0 Å². The highest BCUT2D eigenvalue weighted by molar-refractivity contribution is 4.88. The van der Waals surface area contributed by atoms with Crippen LogP contribution in [0.15, 0.2) is 0 Å². The Balaban J connectivity index is 1.85. The summed E-state index contributed by atoms with van der Waals surface area (Å²) in [5.74, 6) is 0.879. The standard InChI is InChI=1S/C12H24N2/c1-2-4-10-7-11(13)9-14(8-10)12-5-3-6-12/h10-12H,2-9,13H2,1H3. The minimum atomic E-state index is 0.445. The molecule has 0 radical (unpaired) electrons. The number of nitrogens with two attached hydrogens (primary N) is 1. The second kappa shape index (κ2) is 4.63. The van der Waals surface area contributed by atoms with Gasteiger partial charge in [-0.05, 0) is 31.6 Å². The maximum Gasteiger partial charge on any atom is 0.0171 e. The Bertz CT molecular complexity index is 177. The topological polar surface area (TPSA) is 29.3 Å². The van der Waals surface area contributed by atoms with Crippen LogP contribution in [0.25, 0.3) is 0 Å². The lowest BCUT2D eigenvalue weighted by molar-refractivity contribution is 0.0642. The highest BCUT2D eigenvalue weighted by atomic mass is 15.2. The third-order valence-corrected chi connectivity index (χ3v) is 3.89. The summed E-state index contributed by atoms with van der Waals surface area (Å²) in [6, 6.07) is 1.33. The first-order valence-electron chi connectivity index (χ1n) is 6.29. The lowest BCUT2D eigenvalue weighted by atomic mass is 9.85. The number of hydrogen-bond acceptors (Lipinski definition) is 2. The van der Waals surface area contributed by atoms with E-state index >= 15 is 0 Å². The molecule has 0 bridgehead atoms. The van der Waals surface area contributed by atoms with Gasteiger partial charge >= 0.3 is 0 Å². The Morgan fingerprint density at radius 2 is 2.07 bits per heavy atom. The maximum atomic E-state index is 6.12. The van der Waals surface area contributed by atoms with E-state index < -0.39 is 0 Å². The van der Waals surface area contributed by atoms with E-state index in [-0.39, 0.29) is 0 Å². The summed E-state index contributed by atoms with van der Waals surface area (Å²) in [6.07, 6.45) is 8.23. The van der Waals surface area contributed by atoms with E-state index in [0.29, 0.717) is 6.04 Å². The molecule has 2 N–H and O–H groups in total. The predicted molar refractivity (Wildman–Crippen MR) is 60.2 cm³/mol. The molecule has 2 nitrogen and oxygen atoms in total. The Hall–Kier alpha value is -0.0800. The van der Waals surface area contributed by atoms with Gasteiger partial charge in [0.2, 0.25) is 0 Å². The van der Waals surface area contributed by atoms with E-state index in [1.807, 2.05) is 0 Å². The zero-order valence-electron chi connectivity index (χ0n) is 9.41. The lowest BCUT2D eigenvalue weighted by Gasteiger charge is -2.44. The summed E-state index contributed by atoms with van der Waals surface area (Å²) in [5, 5.41) is 0. The van der Waals surface area contributed by atoms with Crippen LogP contribution in [0.4, 0.5) is 0 Å². The molecule has 2 unspecified atom stereocenters. The molecule has 1 aliphatic carbocycles. The molecule has 0 aromatic rings. The smallest absolute Gasteiger partial charge is 0.0171 e. The Morgan fingerprint density at radius 3 is 2.64 bits per heavy atom. The first kappa shape index (κ1) is 10.4. The molecule has 82 valence electrons. The Kier molecular flexibility index (Phi) is 3.45. The summed E-state index contributed by atoms with van der Waals surface area (Å²) < 4.78 is 0. The zero-order chi connectivity index (χ0) is 9.97. The van der Waals surface area contributed by atoms with E-state index in [2.05, 4.69) is 11.8 Å². The first-order chi connectivity index (χ1) is 6.79. The number of hydrogen-bond donors (Lipinski definition) is 1. The van der Waals surface area contributed by atoms with Crippen molar-refractivity contribution in [1.82, 2.24) is 4.90 Å². The minimum Gasteiger partial charge on any atom is -0.327 e. The summed E-state index contributed by atoms with van der Waals surface area (Å²) in [6.45, 7) is 4.77. The van der Waals surface area contributed by atoms with Gasteiger partial charge in [-0.15, -0.1) is 0 Å². The summed E-state index contributed by atoms with van der Waals surface area (Å²) in [4.78, 5) is 2.66. The number of rotatable bonds is 3. The molecular formula is C12H24N2.